The van der Waals surface area contributed by atoms with Crippen molar-refractivity contribution >= 4 is 30.1 Å². The number of carbonyl (C=O) groups excluding carboxylic acids is 2. The average molecular weight is 657 g/mol. The maximum Gasteiger partial charge on any atom is 0.316 e. The maximum absolute atomic E-state index is 13.7. The molecule has 0 saturated heterocycles. The van der Waals surface area contributed by atoms with E-state index in [1.807, 2.05) is 65.8 Å². The Morgan fingerprint density at radius 3 is 2.07 bits per heavy atom. The van der Waals surface area contributed by atoms with Crippen molar-refractivity contribution in [3.8, 4) is 0 Å². The number of esters is 2. The van der Waals surface area contributed by atoms with E-state index in [9.17, 15) is 18.0 Å². The second kappa shape index (κ2) is 15.7. The Labute approximate surface area is 269 Å². The van der Waals surface area contributed by atoms with Gasteiger partial charge in [0.05, 0.1) is 36.6 Å². The molecule has 0 aromatic heterocycles. The van der Waals surface area contributed by atoms with Crippen LogP contribution in [0, 0.1) is 11.3 Å². The lowest BCUT2D eigenvalue weighted by atomic mass is 9.75. The quantitative estimate of drug-likeness (QED) is 0.132. The molecule has 0 N–H and O–H groups in total. The molecular weight excluding hydrogens is 597 g/mol. The molecule has 254 valence electrons. The van der Waals surface area contributed by atoms with Crippen molar-refractivity contribution in [2.24, 2.45) is 11.3 Å². The zero-order chi connectivity index (χ0) is 34.2. The third kappa shape index (κ3) is 12.9. The zero-order valence-corrected chi connectivity index (χ0v) is 31.5. The molecule has 44 heavy (non-hydrogen) atoms. The van der Waals surface area contributed by atoms with Gasteiger partial charge in [0.25, 0.3) is 0 Å². The Morgan fingerprint density at radius 1 is 0.932 bits per heavy atom. The van der Waals surface area contributed by atoms with Crippen molar-refractivity contribution in [2.75, 3.05) is 38.9 Å². The molecule has 0 aliphatic carbocycles. The van der Waals surface area contributed by atoms with Gasteiger partial charge in [-0.15, -0.1) is 0 Å². The molecule has 2 unspecified atom stereocenters. The minimum atomic E-state index is -3.34. The van der Waals surface area contributed by atoms with Crippen LogP contribution >= 0.6 is 0 Å². The topological polar surface area (TPSA) is 105 Å². The fraction of sp³-hybridized carbons (Fsp3) is 0.765. The van der Waals surface area contributed by atoms with E-state index in [4.69, 9.17) is 18.6 Å². The van der Waals surface area contributed by atoms with Crippen LogP contribution in [0.2, 0.25) is 18.1 Å². The van der Waals surface area contributed by atoms with Crippen molar-refractivity contribution in [3.05, 3.63) is 35.4 Å². The highest BCUT2D eigenvalue weighted by Crippen LogP contribution is 2.38. The molecule has 0 saturated carbocycles. The highest BCUT2D eigenvalue weighted by atomic mass is 32.2. The molecule has 0 radical (unpaired) electrons. The van der Waals surface area contributed by atoms with Crippen molar-refractivity contribution in [2.45, 2.75) is 117 Å². The minimum Gasteiger partial charge on any atom is -0.469 e. The first-order chi connectivity index (χ1) is 19.9. The molecule has 0 aliphatic heterocycles. The number of sulfone groups is 1. The minimum absolute atomic E-state index is 0.000988. The van der Waals surface area contributed by atoms with Crippen LogP contribution in [-0.2, 0) is 49.9 Å². The van der Waals surface area contributed by atoms with Crippen LogP contribution in [0.1, 0.15) is 92.7 Å². The van der Waals surface area contributed by atoms with Crippen LogP contribution in [0.15, 0.2) is 24.3 Å². The first kappa shape index (κ1) is 40.3. The summed E-state index contributed by atoms with van der Waals surface area (Å²) in [5.74, 6) is -1.11. The fourth-order valence-corrected chi connectivity index (χ4v) is 7.97. The summed E-state index contributed by atoms with van der Waals surface area (Å²) in [6, 6.07) is 7.67. The number of hydrogen-bond acceptors (Lipinski definition) is 8. The summed E-state index contributed by atoms with van der Waals surface area (Å²) in [6.45, 7) is 22.4. The van der Waals surface area contributed by atoms with Gasteiger partial charge < -0.3 is 18.6 Å². The van der Waals surface area contributed by atoms with E-state index < -0.39 is 40.5 Å². The van der Waals surface area contributed by atoms with Gasteiger partial charge in [-0.05, 0) is 81.6 Å². The van der Waals surface area contributed by atoms with Crippen LogP contribution in [0.3, 0.4) is 0 Å². The van der Waals surface area contributed by atoms with Crippen molar-refractivity contribution in [1.82, 2.24) is 0 Å². The molecule has 0 spiro atoms. The Balaban J connectivity index is 3.12. The highest BCUT2D eigenvalue weighted by Gasteiger charge is 2.40. The van der Waals surface area contributed by atoms with Crippen LogP contribution < -0.4 is 0 Å². The average Bonchev–Trinajstić information content (AvgIpc) is 2.85. The number of methoxy groups -OCH3 is 2. The van der Waals surface area contributed by atoms with E-state index in [0.29, 0.717) is 25.7 Å². The number of rotatable bonds is 17. The van der Waals surface area contributed by atoms with Gasteiger partial charge in [-0.25, -0.2) is 8.42 Å². The predicted octanol–water partition coefficient (Wildman–Crippen LogP) is 6.90. The first-order valence-corrected chi connectivity index (χ1v) is 20.3. The molecule has 1 aromatic rings. The molecular formula is C34H60O8SSi. The predicted molar refractivity (Wildman–Crippen MR) is 180 cm³/mol. The summed E-state index contributed by atoms with van der Waals surface area (Å²) in [4.78, 5) is 26.0. The van der Waals surface area contributed by atoms with Crippen molar-refractivity contribution in [1.29, 1.82) is 0 Å². The lowest BCUT2D eigenvalue weighted by Gasteiger charge is -2.36. The summed E-state index contributed by atoms with van der Waals surface area (Å²) in [5, 5.41) is 0.0172. The van der Waals surface area contributed by atoms with E-state index in [1.165, 1.54) is 7.11 Å². The first-order valence-electron chi connectivity index (χ1n) is 15.6. The van der Waals surface area contributed by atoms with Crippen LogP contribution in [0.5, 0.6) is 0 Å². The monoisotopic (exact) mass is 656 g/mol. The Hall–Kier alpha value is -1.75. The van der Waals surface area contributed by atoms with Gasteiger partial charge in [0.15, 0.2) is 18.2 Å². The number of carbonyl (C=O) groups is 2. The molecule has 0 heterocycles. The van der Waals surface area contributed by atoms with Crippen LogP contribution in [0.4, 0.5) is 0 Å². The Bertz CT molecular complexity index is 1190. The highest BCUT2D eigenvalue weighted by molar-refractivity contribution is 7.91. The van der Waals surface area contributed by atoms with Gasteiger partial charge in [-0.3, -0.25) is 9.59 Å². The second-order valence-corrected chi connectivity index (χ2v) is 22.6. The van der Waals surface area contributed by atoms with E-state index in [-0.39, 0.29) is 41.7 Å². The molecule has 1 aromatic carbocycles. The lowest BCUT2D eigenvalue weighted by Crippen LogP contribution is -2.42. The third-order valence-electron chi connectivity index (χ3n) is 8.60. The van der Waals surface area contributed by atoms with E-state index in [0.717, 1.165) is 11.1 Å². The largest absolute Gasteiger partial charge is 0.469 e. The summed E-state index contributed by atoms with van der Waals surface area (Å²) in [6.07, 6.45) is 2.12. The van der Waals surface area contributed by atoms with Gasteiger partial charge in [-0.2, -0.15) is 0 Å². The number of hydrogen-bond donors (Lipinski definition) is 0. The molecule has 0 fully saturated rings. The molecule has 2 atom stereocenters. The summed E-state index contributed by atoms with van der Waals surface area (Å²) in [7, 11) is -2.47. The lowest BCUT2D eigenvalue weighted by molar-refractivity contribution is -0.162. The molecule has 0 bridgehead atoms. The summed E-state index contributed by atoms with van der Waals surface area (Å²) in [5.41, 5.74) is -0.461. The summed E-state index contributed by atoms with van der Waals surface area (Å²) < 4.78 is 48.4. The smallest absolute Gasteiger partial charge is 0.316 e. The molecule has 10 heteroatoms. The van der Waals surface area contributed by atoms with Crippen molar-refractivity contribution in [3.63, 3.8) is 0 Å². The second-order valence-electron chi connectivity index (χ2n) is 15.6. The molecule has 1 rings (SSSR count). The molecule has 0 amide bonds. The third-order valence-corrected chi connectivity index (χ3v) is 15.2. The summed E-state index contributed by atoms with van der Waals surface area (Å²) >= 11 is 0. The number of ether oxygens (including phenoxy) is 3. The normalized spacial score (nSPS) is 15.4. The van der Waals surface area contributed by atoms with E-state index >= 15 is 0 Å². The molecule has 0 aliphatic rings. The van der Waals surface area contributed by atoms with Gasteiger partial charge in [0, 0.05) is 13.7 Å². The van der Waals surface area contributed by atoms with Gasteiger partial charge in [-0.1, -0.05) is 65.3 Å². The van der Waals surface area contributed by atoms with E-state index in [2.05, 4.69) is 33.9 Å². The number of benzene rings is 1. The van der Waals surface area contributed by atoms with Crippen molar-refractivity contribution < 1.29 is 36.6 Å². The van der Waals surface area contributed by atoms with Crippen LogP contribution in [-0.4, -0.2) is 73.2 Å². The fourth-order valence-electron chi connectivity index (χ4n) is 4.96. The standard InChI is InChI=1S/C34H60O8SSi/c1-31(2,3)42-30(36)34(9,28-17-14-16-26(23-28)22-27(24-39-10)29(35)40-11)19-15-18-33(7,8)25-43(37,38)21-20-41-44(12,13)32(4,5)6/h14,16-17,23,27H,15,18-22,24-25H2,1-13H3. The SMILES string of the molecule is COCC(Cc1cccc(C(C)(CCCC(C)(C)CS(=O)(=O)CCO[Si](C)(C)C(C)(C)C)C(=O)OC(C)(C)C)c1)C(=O)OC. The van der Waals surface area contributed by atoms with Crippen LogP contribution in [0.25, 0.3) is 0 Å². The Morgan fingerprint density at radius 2 is 1.55 bits per heavy atom. The Kier molecular flexibility index (Phi) is 14.4. The van der Waals surface area contributed by atoms with E-state index in [1.54, 1.807) is 7.11 Å². The van der Waals surface area contributed by atoms with Gasteiger partial charge >= 0.3 is 11.9 Å². The zero-order valence-electron chi connectivity index (χ0n) is 29.7. The van der Waals surface area contributed by atoms with Gasteiger partial charge in [0.2, 0.25) is 0 Å². The van der Waals surface area contributed by atoms with Gasteiger partial charge in [0.1, 0.15) is 5.60 Å². The molecule has 8 nitrogen and oxygen atoms in total. The maximum atomic E-state index is 13.7.